The van der Waals surface area contributed by atoms with Gasteiger partial charge in [-0.25, -0.2) is 8.42 Å². The molecule has 0 unspecified atom stereocenters. The van der Waals surface area contributed by atoms with Crippen molar-refractivity contribution in [2.75, 3.05) is 24.7 Å². The second-order valence-electron chi connectivity index (χ2n) is 8.14. The Kier molecular flexibility index (Phi) is 6.67. The van der Waals surface area contributed by atoms with Gasteiger partial charge in [0.2, 0.25) is 15.9 Å². The van der Waals surface area contributed by atoms with Gasteiger partial charge in [-0.05, 0) is 59.9 Å². The molecule has 3 aromatic rings. The monoisotopic (exact) mass is 462 g/mol. The van der Waals surface area contributed by atoms with Crippen LogP contribution in [0, 0.1) is 6.92 Å². The van der Waals surface area contributed by atoms with E-state index in [0.29, 0.717) is 25.2 Å². The SMILES string of the molecule is Cc1cc(-c2ccc(CC(=O)Nc3ccc(C4=CCN(S(C)(=O)=O)CC4)nc3)cc2)ccn1. The predicted octanol–water partition coefficient (Wildman–Crippen LogP) is 3.68. The largest absolute Gasteiger partial charge is 0.324 e. The smallest absolute Gasteiger partial charge is 0.228 e. The van der Waals surface area contributed by atoms with Gasteiger partial charge in [0.05, 0.1) is 30.3 Å². The Morgan fingerprint density at radius 1 is 1.06 bits per heavy atom. The van der Waals surface area contributed by atoms with Crippen LogP contribution in [0.2, 0.25) is 0 Å². The molecule has 33 heavy (non-hydrogen) atoms. The third-order valence-corrected chi connectivity index (χ3v) is 6.84. The van der Waals surface area contributed by atoms with E-state index < -0.39 is 10.0 Å². The number of anilines is 1. The lowest BCUT2D eigenvalue weighted by Crippen LogP contribution is -2.33. The fraction of sp³-hybridized carbons (Fsp3) is 0.240. The molecule has 7 nitrogen and oxygen atoms in total. The molecular formula is C25H26N4O3S. The lowest BCUT2D eigenvalue weighted by molar-refractivity contribution is -0.115. The number of hydrogen-bond donors (Lipinski definition) is 1. The highest BCUT2D eigenvalue weighted by Gasteiger charge is 2.20. The molecule has 170 valence electrons. The number of amides is 1. The number of rotatable bonds is 6. The average Bonchev–Trinajstić information content (AvgIpc) is 2.79. The maximum atomic E-state index is 12.5. The number of aryl methyl sites for hydroxylation is 1. The molecular weight excluding hydrogens is 436 g/mol. The Labute approximate surface area is 194 Å². The number of carbonyl (C=O) groups excluding carboxylic acids is 1. The minimum absolute atomic E-state index is 0.113. The van der Waals surface area contributed by atoms with Crippen LogP contribution < -0.4 is 5.32 Å². The van der Waals surface area contributed by atoms with E-state index in [0.717, 1.165) is 33.7 Å². The van der Waals surface area contributed by atoms with Gasteiger partial charge in [-0.15, -0.1) is 0 Å². The summed E-state index contributed by atoms with van der Waals surface area (Å²) >= 11 is 0. The van der Waals surface area contributed by atoms with Crippen molar-refractivity contribution in [1.29, 1.82) is 0 Å². The minimum atomic E-state index is -3.18. The van der Waals surface area contributed by atoms with Gasteiger partial charge in [0, 0.05) is 25.0 Å². The number of sulfonamides is 1. The highest BCUT2D eigenvalue weighted by molar-refractivity contribution is 7.88. The number of carbonyl (C=O) groups is 1. The number of hydrogen-bond acceptors (Lipinski definition) is 5. The molecule has 0 bridgehead atoms. The topological polar surface area (TPSA) is 92.3 Å². The third-order valence-electron chi connectivity index (χ3n) is 5.57. The Balaban J connectivity index is 1.34. The first-order valence-corrected chi connectivity index (χ1v) is 12.6. The van der Waals surface area contributed by atoms with Crippen LogP contribution >= 0.6 is 0 Å². The van der Waals surface area contributed by atoms with Crippen LogP contribution in [-0.2, 0) is 21.2 Å². The summed E-state index contributed by atoms with van der Waals surface area (Å²) in [5.41, 5.74) is 6.51. The molecule has 8 heteroatoms. The van der Waals surface area contributed by atoms with Crippen molar-refractivity contribution in [2.24, 2.45) is 0 Å². The molecule has 0 fully saturated rings. The van der Waals surface area contributed by atoms with Gasteiger partial charge in [0.1, 0.15) is 0 Å². The summed E-state index contributed by atoms with van der Waals surface area (Å²) in [5, 5.41) is 2.88. The van der Waals surface area contributed by atoms with E-state index in [-0.39, 0.29) is 12.3 Å². The van der Waals surface area contributed by atoms with Crippen LogP contribution in [0.25, 0.3) is 16.7 Å². The molecule has 0 aliphatic carbocycles. The highest BCUT2D eigenvalue weighted by Crippen LogP contribution is 2.23. The van der Waals surface area contributed by atoms with E-state index in [1.165, 1.54) is 10.6 Å². The molecule has 1 aliphatic heterocycles. The van der Waals surface area contributed by atoms with Crippen molar-refractivity contribution >= 4 is 27.2 Å². The lowest BCUT2D eigenvalue weighted by atomic mass is 10.0. The van der Waals surface area contributed by atoms with Crippen LogP contribution in [0.1, 0.15) is 23.4 Å². The van der Waals surface area contributed by atoms with Crippen LogP contribution in [0.4, 0.5) is 5.69 Å². The van der Waals surface area contributed by atoms with Crippen molar-refractivity contribution in [2.45, 2.75) is 19.8 Å². The molecule has 3 heterocycles. The van der Waals surface area contributed by atoms with Crippen molar-refractivity contribution in [3.63, 3.8) is 0 Å². The minimum Gasteiger partial charge on any atom is -0.324 e. The van der Waals surface area contributed by atoms with E-state index in [1.54, 1.807) is 12.4 Å². The van der Waals surface area contributed by atoms with E-state index >= 15 is 0 Å². The van der Waals surface area contributed by atoms with Crippen molar-refractivity contribution in [1.82, 2.24) is 14.3 Å². The van der Waals surface area contributed by atoms with Gasteiger partial charge >= 0.3 is 0 Å². The summed E-state index contributed by atoms with van der Waals surface area (Å²) in [5.74, 6) is -0.113. The first-order chi connectivity index (χ1) is 15.8. The third kappa shape index (κ3) is 5.91. The molecule has 0 saturated heterocycles. The summed E-state index contributed by atoms with van der Waals surface area (Å²) in [6.07, 6.45) is 7.41. The van der Waals surface area contributed by atoms with Crippen LogP contribution in [-0.4, -0.2) is 47.9 Å². The maximum Gasteiger partial charge on any atom is 0.228 e. The summed E-state index contributed by atoms with van der Waals surface area (Å²) in [6.45, 7) is 2.76. The molecule has 0 radical (unpaired) electrons. The number of pyridine rings is 2. The van der Waals surface area contributed by atoms with Gasteiger partial charge < -0.3 is 5.32 Å². The fourth-order valence-corrected chi connectivity index (χ4v) is 4.54. The number of nitrogens with zero attached hydrogens (tertiary/aromatic N) is 3. The first-order valence-electron chi connectivity index (χ1n) is 10.7. The Morgan fingerprint density at radius 3 is 2.45 bits per heavy atom. The summed E-state index contributed by atoms with van der Waals surface area (Å²) < 4.78 is 24.7. The zero-order valence-electron chi connectivity index (χ0n) is 18.7. The standard InChI is InChI=1S/C25H26N4O3S/c1-18-15-22(9-12-26-18)20-5-3-19(4-6-20)16-25(30)28-23-7-8-24(27-17-23)21-10-13-29(14-11-21)33(2,31)32/h3-10,12,15,17H,11,13-14,16H2,1-2H3,(H,28,30). The summed E-state index contributed by atoms with van der Waals surface area (Å²) in [6, 6.07) is 15.6. The van der Waals surface area contributed by atoms with Gasteiger partial charge in [0.15, 0.2) is 0 Å². The lowest BCUT2D eigenvalue weighted by Gasteiger charge is -2.23. The number of nitrogens with one attached hydrogen (secondary N) is 1. The van der Waals surface area contributed by atoms with Crippen LogP contribution in [0.5, 0.6) is 0 Å². The van der Waals surface area contributed by atoms with Crippen molar-refractivity contribution in [3.8, 4) is 11.1 Å². The Morgan fingerprint density at radius 2 is 1.85 bits per heavy atom. The molecule has 1 aromatic carbocycles. The molecule has 1 N–H and O–H groups in total. The van der Waals surface area contributed by atoms with Crippen molar-refractivity contribution < 1.29 is 13.2 Å². The zero-order valence-corrected chi connectivity index (χ0v) is 19.5. The molecule has 0 saturated carbocycles. The molecule has 4 rings (SSSR count). The molecule has 1 amide bonds. The second kappa shape index (κ2) is 9.64. The zero-order chi connectivity index (χ0) is 23.4. The van der Waals surface area contributed by atoms with Crippen LogP contribution in [0.15, 0.2) is 67.0 Å². The fourth-order valence-electron chi connectivity index (χ4n) is 3.77. The first kappa shape index (κ1) is 22.8. The molecule has 0 spiro atoms. The van der Waals surface area contributed by atoms with Gasteiger partial charge in [0.25, 0.3) is 0 Å². The summed E-state index contributed by atoms with van der Waals surface area (Å²) in [4.78, 5) is 21.1. The average molecular weight is 463 g/mol. The summed E-state index contributed by atoms with van der Waals surface area (Å²) in [7, 11) is -3.18. The normalized spacial score (nSPS) is 14.5. The van der Waals surface area contributed by atoms with Crippen LogP contribution in [0.3, 0.4) is 0 Å². The van der Waals surface area contributed by atoms with E-state index in [2.05, 4.69) is 15.3 Å². The highest BCUT2D eigenvalue weighted by atomic mass is 32.2. The maximum absolute atomic E-state index is 12.5. The van der Waals surface area contributed by atoms with E-state index in [1.807, 2.05) is 61.5 Å². The number of aromatic nitrogens is 2. The second-order valence-corrected chi connectivity index (χ2v) is 10.1. The predicted molar refractivity (Wildman–Crippen MR) is 130 cm³/mol. The van der Waals surface area contributed by atoms with Gasteiger partial charge in [-0.3, -0.25) is 14.8 Å². The molecule has 2 aromatic heterocycles. The quantitative estimate of drug-likeness (QED) is 0.603. The van der Waals surface area contributed by atoms with E-state index in [9.17, 15) is 13.2 Å². The Bertz CT molecular complexity index is 1280. The molecule has 0 atom stereocenters. The van der Waals surface area contributed by atoms with Gasteiger partial charge in [-0.1, -0.05) is 30.3 Å². The number of benzene rings is 1. The Hall–Kier alpha value is -3.36. The van der Waals surface area contributed by atoms with Gasteiger partial charge in [-0.2, -0.15) is 4.31 Å². The van der Waals surface area contributed by atoms with E-state index in [4.69, 9.17) is 0 Å². The van der Waals surface area contributed by atoms with Crippen molar-refractivity contribution in [3.05, 3.63) is 84.0 Å². The molecule has 1 aliphatic rings.